The van der Waals surface area contributed by atoms with Crippen molar-refractivity contribution in [1.29, 1.82) is 10.5 Å². The number of rotatable bonds is 2. The number of aromatic nitrogens is 3. The monoisotopic (exact) mass is 303 g/mol. The maximum absolute atomic E-state index is 14.0. The van der Waals surface area contributed by atoms with Crippen LogP contribution in [0.1, 0.15) is 11.3 Å². The zero-order valence-electron chi connectivity index (χ0n) is 10.5. The third kappa shape index (κ3) is 2.55. The van der Waals surface area contributed by atoms with Gasteiger partial charge in [-0.3, -0.25) is 9.78 Å². The molecule has 1 aromatic heterocycles. The molecule has 0 radical (unpaired) electrons. The molecule has 0 atom stereocenters. The molecule has 0 aliphatic rings. The zero-order chi connectivity index (χ0) is 15.6. The maximum Gasteiger partial charge on any atom is 0.349 e. The molecule has 1 N–H and O–H groups in total. The van der Waals surface area contributed by atoms with Crippen LogP contribution in [0.25, 0.3) is 5.69 Å². The Morgan fingerprint density at radius 3 is 2.62 bits per heavy atom. The molecule has 7 nitrogen and oxygen atoms in total. The molecule has 0 fully saturated rings. The number of hydrogen-bond donors (Lipinski definition) is 1. The smallest absolute Gasteiger partial charge is 0.270 e. The number of nitriles is 2. The van der Waals surface area contributed by atoms with E-state index in [2.05, 4.69) is 5.10 Å². The molecule has 104 valence electrons. The first kappa shape index (κ1) is 14.5. The molecule has 0 saturated heterocycles. The fraction of sp³-hybridized carbons (Fsp3) is 0.0833. The predicted molar refractivity (Wildman–Crippen MR) is 71.6 cm³/mol. The van der Waals surface area contributed by atoms with Crippen LogP contribution in [0.15, 0.2) is 26.6 Å². The molecular weight excluding hydrogens is 297 g/mol. The van der Waals surface area contributed by atoms with Crippen molar-refractivity contribution >= 4 is 11.8 Å². The Hall–Kier alpha value is -2.91. The van der Waals surface area contributed by atoms with E-state index in [0.717, 1.165) is 6.07 Å². The summed E-state index contributed by atoms with van der Waals surface area (Å²) in [5.74, 6) is -0.866. The van der Waals surface area contributed by atoms with E-state index >= 15 is 0 Å². The van der Waals surface area contributed by atoms with Gasteiger partial charge in [-0.15, -0.1) is 16.9 Å². The normalized spacial score (nSPS) is 9.90. The summed E-state index contributed by atoms with van der Waals surface area (Å²) in [6.45, 7) is 0. The highest BCUT2D eigenvalue weighted by atomic mass is 32.2. The van der Waals surface area contributed by atoms with Crippen molar-refractivity contribution in [2.45, 2.75) is 4.90 Å². The van der Waals surface area contributed by atoms with E-state index in [0.29, 0.717) is 9.58 Å². The number of aromatic amines is 1. The van der Waals surface area contributed by atoms with E-state index in [4.69, 9.17) is 10.5 Å². The highest BCUT2D eigenvalue weighted by Crippen LogP contribution is 2.24. The van der Waals surface area contributed by atoms with Crippen molar-refractivity contribution in [2.75, 3.05) is 6.26 Å². The van der Waals surface area contributed by atoms with Gasteiger partial charge in [-0.25, -0.2) is 9.18 Å². The zero-order valence-corrected chi connectivity index (χ0v) is 11.4. The number of thioether (sulfide) groups is 1. The van der Waals surface area contributed by atoms with E-state index in [-0.39, 0.29) is 11.3 Å². The van der Waals surface area contributed by atoms with Gasteiger partial charge in [-0.2, -0.15) is 15.2 Å². The lowest BCUT2D eigenvalue weighted by molar-refractivity contribution is 0.596. The molecule has 0 saturated carbocycles. The Balaban J connectivity index is 2.80. The van der Waals surface area contributed by atoms with Crippen LogP contribution in [0, 0.1) is 28.5 Å². The topological polar surface area (TPSA) is 115 Å². The van der Waals surface area contributed by atoms with E-state index in [1.165, 1.54) is 23.9 Å². The van der Waals surface area contributed by atoms with Gasteiger partial charge in [-0.05, 0) is 18.4 Å². The molecule has 0 bridgehead atoms. The average molecular weight is 303 g/mol. The minimum Gasteiger partial charge on any atom is -0.270 e. The van der Waals surface area contributed by atoms with Crippen molar-refractivity contribution in [2.24, 2.45) is 0 Å². The van der Waals surface area contributed by atoms with Crippen molar-refractivity contribution in [3.05, 3.63) is 50.0 Å². The highest BCUT2D eigenvalue weighted by Gasteiger charge is 2.15. The molecule has 21 heavy (non-hydrogen) atoms. The number of benzene rings is 1. The largest absolute Gasteiger partial charge is 0.349 e. The molecule has 1 heterocycles. The van der Waals surface area contributed by atoms with Gasteiger partial charge in [0.25, 0.3) is 5.56 Å². The minimum atomic E-state index is -0.977. The molecular formula is C12H6FN5O2S. The molecule has 9 heteroatoms. The van der Waals surface area contributed by atoms with Gasteiger partial charge < -0.3 is 0 Å². The van der Waals surface area contributed by atoms with Gasteiger partial charge in [0.15, 0.2) is 0 Å². The second kappa shape index (κ2) is 5.61. The van der Waals surface area contributed by atoms with Crippen LogP contribution >= 0.6 is 11.8 Å². The number of H-pyrrole nitrogens is 1. The molecule has 2 rings (SSSR count). The van der Waals surface area contributed by atoms with Crippen LogP contribution in [0.5, 0.6) is 0 Å². The number of nitrogens with zero attached hydrogens (tertiary/aromatic N) is 4. The lowest BCUT2D eigenvalue weighted by Crippen LogP contribution is -2.33. The van der Waals surface area contributed by atoms with E-state index in [1.807, 2.05) is 11.1 Å². The van der Waals surface area contributed by atoms with Crippen LogP contribution in [-0.4, -0.2) is 21.0 Å². The first-order valence-corrected chi connectivity index (χ1v) is 6.66. The van der Waals surface area contributed by atoms with Crippen molar-refractivity contribution in [3.8, 4) is 17.8 Å². The average Bonchev–Trinajstić information content (AvgIpc) is 2.47. The van der Waals surface area contributed by atoms with Gasteiger partial charge in [0.05, 0.1) is 5.56 Å². The Morgan fingerprint density at radius 2 is 2.05 bits per heavy atom. The van der Waals surface area contributed by atoms with Gasteiger partial charge in [-0.1, -0.05) is 0 Å². The fourth-order valence-corrected chi connectivity index (χ4v) is 2.15. The first-order chi connectivity index (χ1) is 10.0. The number of halogens is 1. The van der Waals surface area contributed by atoms with Gasteiger partial charge in [0.2, 0.25) is 5.69 Å². The van der Waals surface area contributed by atoms with Crippen molar-refractivity contribution < 1.29 is 4.39 Å². The highest BCUT2D eigenvalue weighted by molar-refractivity contribution is 7.98. The summed E-state index contributed by atoms with van der Waals surface area (Å²) in [5, 5.41) is 21.2. The van der Waals surface area contributed by atoms with Crippen molar-refractivity contribution in [1.82, 2.24) is 14.8 Å². The van der Waals surface area contributed by atoms with Crippen LogP contribution in [0.4, 0.5) is 4.39 Å². The lowest BCUT2D eigenvalue weighted by Gasteiger charge is -2.08. The van der Waals surface area contributed by atoms with E-state index in [1.54, 1.807) is 6.26 Å². The van der Waals surface area contributed by atoms with Gasteiger partial charge in [0.1, 0.15) is 23.6 Å². The fourth-order valence-electron chi connectivity index (χ4n) is 1.60. The Labute approximate surface area is 121 Å². The van der Waals surface area contributed by atoms with Crippen molar-refractivity contribution in [3.63, 3.8) is 0 Å². The summed E-state index contributed by atoms with van der Waals surface area (Å²) in [7, 11) is 0. The standard InChI is InChI=1S/C12H6FN5O2S/c1-21-10-3-9(7(13)2-6(10)4-14)18-12(20)16-11(19)8(5-15)17-18/h2-3H,1H3,(H,16,19,20). The predicted octanol–water partition coefficient (Wildman–Crippen LogP) is 0.525. The van der Waals surface area contributed by atoms with Crippen LogP contribution in [0.2, 0.25) is 0 Å². The van der Waals surface area contributed by atoms with Crippen LogP contribution in [-0.2, 0) is 0 Å². The van der Waals surface area contributed by atoms with Gasteiger partial charge >= 0.3 is 5.69 Å². The first-order valence-electron chi connectivity index (χ1n) is 5.43. The third-order valence-electron chi connectivity index (χ3n) is 2.55. The number of nitrogens with one attached hydrogen (secondary N) is 1. The Kier molecular flexibility index (Phi) is 3.87. The second-order valence-corrected chi connectivity index (χ2v) is 4.60. The van der Waals surface area contributed by atoms with Crippen LogP contribution in [0.3, 0.4) is 0 Å². The molecule has 0 unspecified atom stereocenters. The quantitative estimate of drug-likeness (QED) is 0.809. The molecule has 1 aromatic carbocycles. The molecule has 0 spiro atoms. The minimum absolute atomic E-state index is 0.113. The Bertz CT molecular complexity index is 919. The van der Waals surface area contributed by atoms with E-state index < -0.39 is 22.8 Å². The SMILES string of the molecule is CSc1cc(-n2nc(C#N)c(=O)[nH]c2=O)c(F)cc1C#N. The summed E-state index contributed by atoms with van der Waals surface area (Å²) >= 11 is 1.19. The Morgan fingerprint density at radius 1 is 1.33 bits per heavy atom. The summed E-state index contributed by atoms with van der Waals surface area (Å²) in [6.07, 6.45) is 1.68. The molecule has 0 amide bonds. The third-order valence-corrected chi connectivity index (χ3v) is 3.33. The maximum atomic E-state index is 14.0. The van der Waals surface area contributed by atoms with Gasteiger partial charge in [0, 0.05) is 4.90 Å². The second-order valence-electron chi connectivity index (χ2n) is 3.75. The lowest BCUT2D eigenvalue weighted by atomic mass is 10.2. The molecule has 0 aliphatic carbocycles. The molecule has 2 aromatic rings. The van der Waals surface area contributed by atoms with E-state index in [9.17, 15) is 14.0 Å². The summed E-state index contributed by atoms with van der Waals surface area (Å²) in [6, 6.07) is 5.56. The number of hydrogen-bond acceptors (Lipinski definition) is 6. The summed E-state index contributed by atoms with van der Waals surface area (Å²) < 4.78 is 14.6. The van der Waals surface area contributed by atoms with Crippen LogP contribution < -0.4 is 11.2 Å². The summed E-state index contributed by atoms with van der Waals surface area (Å²) in [5.41, 5.74) is -2.63. The summed E-state index contributed by atoms with van der Waals surface area (Å²) in [4.78, 5) is 25.3. The molecule has 0 aliphatic heterocycles.